The maximum atomic E-state index is 12.3. The number of rotatable bonds is 4. The van der Waals surface area contributed by atoms with Gasteiger partial charge in [0.15, 0.2) is 0 Å². The van der Waals surface area contributed by atoms with Crippen LogP contribution in [-0.4, -0.2) is 48.9 Å². The van der Waals surface area contributed by atoms with Crippen molar-refractivity contribution in [1.82, 2.24) is 15.1 Å². The van der Waals surface area contributed by atoms with E-state index >= 15 is 0 Å². The van der Waals surface area contributed by atoms with Crippen molar-refractivity contribution < 1.29 is 4.79 Å². The van der Waals surface area contributed by atoms with Gasteiger partial charge in [0.25, 0.3) is 0 Å². The minimum atomic E-state index is -0.109. The van der Waals surface area contributed by atoms with Crippen LogP contribution in [0.3, 0.4) is 0 Å². The highest BCUT2D eigenvalue weighted by Gasteiger charge is 2.37. The molecule has 1 aliphatic heterocycles. The van der Waals surface area contributed by atoms with Crippen LogP contribution in [0.15, 0.2) is 18.2 Å². The van der Waals surface area contributed by atoms with Gasteiger partial charge in [0.1, 0.15) is 6.17 Å². The monoisotopic (exact) mass is 275 g/mol. The Labute approximate surface area is 121 Å². The fourth-order valence-electron chi connectivity index (χ4n) is 2.63. The van der Waals surface area contributed by atoms with Gasteiger partial charge in [-0.1, -0.05) is 23.8 Å². The van der Waals surface area contributed by atoms with Gasteiger partial charge < -0.3 is 9.80 Å². The lowest BCUT2D eigenvalue weighted by atomic mass is 10.0. The molecule has 0 aromatic heterocycles. The fourth-order valence-corrected chi connectivity index (χ4v) is 2.63. The molecule has 1 aromatic rings. The number of nitrogens with zero attached hydrogens (tertiary/aromatic N) is 2. The molecule has 0 saturated carbocycles. The molecule has 110 valence electrons. The van der Waals surface area contributed by atoms with E-state index in [1.54, 1.807) is 0 Å². The Kier molecular flexibility index (Phi) is 4.45. The van der Waals surface area contributed by atoms with Crippen LogP contribution in [-0.2, 0) is 4.79 Å². The lowest BCUT2D eigenvalue weighted by Gasteiger charge is -2.27. The molecular weight excluding hydrogens is 250 g/mol. The summed E-state index contributed by atoms with van der Waals surface area (Å²) in [6.07, 6.45) is -0.00245. The molecule has 1 heterocycles. The average molecular weight is 275 g/mol. The van der Waals surface area contributed by atoms with E-state index in [4.69, 9.17) is 0 Å². The van der Waals surface area contributed by atoms with Crippen molar-refractivity contribution in [3.8, 4) is 0 Å². The highest BCUT2D eigenvalue weighted by Crippen LogP contribution is 2.28. The van der Waals surface area contributed by atoms with Gasteiger partial charge in [-0.2, -0.15) is 0 Å². The van der Waals surface area contributed by atoms with Gasteiger partial charge in [-0.05, 0) is 46.0 Å². The standard InChI is InChI=1S/C16H25N3O/c1-11-6-7-12(2)14(10-11)15-17-13(3)16(20)19(15)9-8-18(4)5/h6-7,10,13,15,17H,8-9H2,1-5H3. The van der Waals surface area contributed by atoms with E-state index < -0.39 is 0 Å². The second-order valence-electron chi connectivity index (χ2n) is 5.99. The second-order valence-corrected chi connectivity index (χ2v) is 5.99. The third kappa shape index (κ3) is 3.02. The summed E-state index contributed by atoms with van der Waals surface area (Å²) < 4.78 is 0. The van der Waals surface area contributed by atoms with Crippen molar-refractivity contribution in [2.45, 2.75) is 33.0 Å². The first-order valence-corrected chi connectivity index (χ1v) is 7.18. The molecule has 1 fully saturated rings. The number of likely N-dealkylation sites (N-methyl/N-ethyl adjacent to an activating group) is 1. The number of hydrogen-bond acceptors (Lipinski definition) is 3. The molecule has 20 heavy (non-hydrogen) atoms. The van der Waals surface area contributed by atoms with Crippen LogP contribution in [0.4, 0.5) is 0 Å². The van der Waals surface area contributed by atoms with Crippen LogP contribution >= 0.6 is 0 Å². The smallest absolute Gasteiger partial charge is 0.241 e. The molecule has 4 nitrogen and oxygen atoms in total. The topological polar surface area (TPSA) is 35.6 Å². The highest BCUT2D eigenvalue weighted by molar-refractivity contribution is 5.84. The average Bonchev–Trinajstić information content (AvgIpc) is 2.66. The SMILES string of the molecule is Cc1ccc(C)c(C2NC(C)C(=O)N2CCN(C)C)c1. The van der Waals surface area contributed by atoms with Gasteiger partial charge in [-0.3, -0.25) is 10.1 Å². The Morgan fingerprint density at radius 1 is 1.30 bits per heavy atom. The Balaban J connectivity index is 2.27. The Morgan fingerprint density at radius 2 is 2.00 bits per heavy atom. The second kappa shape index (κ2) is 5.94. The number of nitrogens with one attached hydrogen (secondary N) is 1. The number of benzene rings is 1. The summed E-state index contributed by atoms with van der Waals surface area (Å²) >= 11 is 0. The maximum Gasteiger partial charge on any atom is 0.241 e. The number of amides is 1. The van der Waals surface area contributed by atoms with Crippen molar-refractivity contribution in [3.05, 3.63) is 34.9 Å². The third-order valence-corrected chi connectivity index (χ3v) is 3.89. The quantitative estimate of drug-likeness (QED) is 0.908. The maximum absolute atomic E-state index is 12.3. The van der Waals surface area contributed by atoms with E-state index in [1.807, 2.05) is 25.9 Å². The minimum absolute atomic E-state index is 0.00245. The summed E-state index contributed by atoms with van der Waals surface area (Å²) in [5, 5.41) is 3.42. The summed E-state index contributed by atoms with van der Waals surface area (Å²) in [6.45, 7) is 7.76. The van der Waals surface area contributed by atoms with Crippen molar-refractivity contribution in [1.29, 1.82) is 0 Å². The first-order valence-electron chi connectivity index (χ1n) is 7.18. The van der Waals surface area contributed by atoms with E-state index in [-0.39, 0.29) is 18.1 Å². The highest BCUT2D eigenvalue weighted by atomic mass is 16.2. The van der Waals surface area contributed by atoms with Crippen LogP contribution in [0.1, 0.15) is 29.8 Å². The molecular formula is C16H25N3O. The first kappa shape index (κ1) is 15.0. The Hall–Kier alpha value is -1.39. The van der Waals surface area contributed by atoms with Crippen molar-refractivity contribution in [2.75, 3.05) is 27.2 Å². The molecule has 2 rings (SSSR count). The molecule has 1 saturated heterocycles. The third-order valence-electron chi connectivity index (χ3n) is 3.89. The van der Waals surface area contributed by atoms with Gasteiger partial charge in [0.05, 0.1) is 6.04 Å². The largest absolute Gasteiger partial charge is 0.320 e. The summed E-state index contributed by atoms with van der Waals surface area (Å²) in [6, 6.07) is 6.32. The molecule has 0 aliphatic carbocycles. The van der Waals surface area contributed by atoms with Crippen LogP contribution in [0, 0.1) is 13.8 Å². The minimum Gasteiger partial charge on any atom is -0.320 e. The predicted octanol–water partition coefficient (Wildman–Crippen LogP) is 1.68. The summed E-state index contributed by atoms with van der Waals surface area (Å²) in [7, 11) is 4.06. The van der Waals surface area contributed by atoms with Crippen LogP contribution < -0.4 is 5.32 Å². The predicted molar refractivity (Wildman–Crippen MR) is 81.5 cm³/mol. The van der Waals surface area contributed by atoms with E-state index in [2.05, 4.69) is 42.3 Å². The van der Waals surface area contributed by atoms with Gasteiger partial charge in [0, 0.05) is 13.1 Å². The molecule has 4 heteroatoms. The number of carbonyl (C=O) groups is 1. The lowest BCUT2D eigenvalue weighted by Crippen LogP contribution is -2.36. The fraction of sp³-hybridized carbons (Fsp3) is 0.562. The van der Waals surface area contributed by atoms with Gasteiger partial charge in [-0.15, -0.1) is 0 Å². The van der Waals surface area contributed by atoms with Crippen molar-refractivity contribution in [3.63, 3.8) is 0 Å². The molecule has 2 atom stereocenters. The summed E-state index contributed by atoms with van der Waals surface area (Å²) in [4.78, 5) is 16.4. The van der Waals surface area contributed by atoms with Gasteiger partial charge in [-0.25, -0.2) is 0 Å². The van der Waals surface area contributed by atoms with E-state index in [0.29, 0.717) is 0 Å². The zero-order chi connectivity index (χ0) is 14.9. The van der Waals surface area contributed by atoms with Gasteiger partial charge in [0.2, 0.25) is 5.91 Å². The molecule has 0 bridgehead atoms. The zero-order valence-corrected chi connectivity index (χ0v) is 13.1. The van der Waals surface area contributed by atoms with Gasteiger partial charge >= 0.3 is 0 Å². The molecule has 1 amide bonds. The van der Waals surface area contributed by atoms with Crippen LogP contribution in [0.5, 0.6) is 0 Å². The molecule has 1 N–H and O–H groups in total. The van der Waals surface area contributed by atoms with Crippen molar-refractivity contribution >= 4 is 5.91 Å². The molecule has 0 radical (unpaired) electrons. The zero-order valence-electron chi connectivity index (χ0n) is 13.1. The lowest BCUT2D eigenvalue weighted by molar-refractivity contribution is -0.130. The van der Waals surface area contributed by atoms with E-state index in [1.165, 1.54) is 16.7 Å². The van der Waals surface area contributed by atoms with E-state index in [0.717, 1.165) is 13.1 Å². The number of hydrogen-bond donors (Lipinski definition) is 1. The summed E-state index contributed by atoms with van der Waals surface area (Å²) in [5.74, 6) is 0.192. The summed E-state index contributed by atoms with van der Waals surface area (Å²) in [5.41, 5.74) is 3.67. The molecule has 2 unspecified atom stereocenters. The number of aryl methyl sites for hydroxylation is 2. The Bertz CT molecular complexity index is 498. The molecule has 1 aliphatic rings. The normalized spacial score (nSPS) is 22.9. The molecule has 0 spiro atoms. The van der Waals surface area contributed by atoms with E-state index in [9.17, 15) is 4.79 Å². The number of carbonyl (C=O) groups excluding carboxylic acids is 1. The van der Waals surface area contributed by atoms with Crippen molar-refractivity contribution in [2.24, 2.45) is 0 Å². The Morgan fingerprint density at radius 3 is 2.65 bits per heavy atom. The molecule has 1 aromatic carbocycles. The van der Waals surface area contributed by atoms with Crippen LogP contribution in [0.2, 0.25) is 0 Å². The first-order chi connectivity index (χ1) is 9.40. The van der Waals surface area contributed by atoms with Crippen LogP contribution in [0.25, 0.3) is 0 Å².